The lowest BCUT2D eigenvalue weighted by Crippen LogP contribution is -2.46. The van der Waals surface area contributed by atoms with Crippen molar-refractivity contribution >= 4 is 18.2 Å². The van der Waals surface area contributed by atoms with Crippen LogP contribution in [0.2, 0.25) is 18.1 Å². The average Bonchev–Trinajstić information content (AvgIpc) is 3.07. The van der Waals surface area contributed by atoms with Crippen molar-refractivity contribution in [3.05, 3.63) is 53.4 Å². The van der Waals surface area contributed by atoms with Crippen molar-refractivity contribution in [2.75, 3.05) is 19.4 Å². The number of methoxy groups -OCH3 is 1. The topological polar surface area (TPSA) is 111 Å². The van der Waals surface area contributed by atoms with E-state index in [1.165, 1.54) is 0 Å². The molecule has 190 valence electrons. The van der Waals surface area contributed by atoms with Gasteiger partial charge in [0.15, 0.2) is 18.2 Å². The van der Waals surface area contributed by atoms with Gasteiger partial charge in [0.2, 0.25) is 0 Å². The third kappa shape index (κ3) is 7.16. The van der Waals surface area contributed by atoms with Gasteiger partial charge in [-0.3, -0.25) is 0 Å². The van der Waals surface area contributed by atoms with E-state index in [0.717, 1.165) is 0 Å². The summed E-state index contributed by atoms with van der Waals surface area (Å²) in [6.45, 7) is 14.8. The summed E-state index contributed by atoms with van der Waals surface area (Å²) in [4.78, 5) is 3.20. The number of hydrogen-bond donors (Lipinski definition) is 0. The highest BCUT2D eigenvalue weighted by Crippen LogP contribution is 2.40. The Labute approximate surface area is 205 Å². The molecule has 0 unspecified atom stereocenters. The highest BCUT2D eigenvalue weighted by atomic mass is 32.2. The van der Waals surface area contributed by atoms with E-state index in [0.29, 0.717) is 12.8 Å². The van der Waals surface area contributed by atoms with E-state index in [2.05, 4.69) is 50.5 Å². The fraction of sp³-hybridized carbons (Fsp3) is 0.667. The monoisotopic (exact) mass is 509 g/mol. The molecule has 1 aromatic carbocycles. The zero-order valence-electron chi connectivity index (χ0n) is 21.2. The summed E-state index contributed by atoms with van der Waals surface area (Å²) in [6, 6.07) is 8.44. The van der Waals surface area contributed by atoms with Gasteiger partial charge in [0.05, 0.1) is 41.6 Å². The molecule has 34 heavy (non-hydrogen) atoms. The molecule has 1 aliphatic rings. The van der Waals surface area contributed by atoms with Crippen LogP contribution in [0.25, 0.3) is 10.4 Å². The first-order valence-corrected chi connectivity index (χ1v) is 16.2. The Bertz CT molecular complexity index is 959. The van der Waals surface area contributed by atoms with E-state index in [1.807, 2.05) is 0 Å². The van der Waals surface area contributed by atoms with Crippen LogP contribution in [0.15, 0.2) is 53.0 Å². The molecular weight excluding hydrogens is 470 g/mol. The van der Waals surface area contributed by atoms with E-state index in [4.69, 9.17) is 19.4 Å². The lowest BCUT2D eigenvalue weighted by molar-refractivity contribution is -0.0275. The summed E-state index contributed by atoms with van der Waals surface area (Å²) in [5.41, 5.74) is 8.90. The first-order chi connectivity index (χ1) is 15.9. The second kappa shape index (κ2) is 11.8. The standard InChI is InChI=1S/C24H39N3O5SSi/c1-8-12-21-20(17-33(28,29)19-13-10-9-11-14-19)23(30-5)22(31-21)15-18(16-26-27-25)32-34(6,7)24(2,3)4/h8-11,13-14,18,20-23H,1,12,15-17H2,2-7H3/t18-,20-,21-,22+,23+/m0/s1. The Kier molecular flexibility index (Phi) is 9.94. The van der Waals surface area contributed by atoms with Gasteiger partial charge < -0.3 is 13.9 Å². The molecule has 1 saturated heterocycles. The highest BCUT2D eigenvalue weighted by molar-refractivity contribution is 7.91. The SMILES string of the molecule is C=CC[C@@H]1O[C@H](C[C@@H](CN=[N+]=[N-])O[Si](C)(C)C(C)(C)C)[C@H](OC)[C@H]1CS(=O)(=O)c1ccccc1. The number of benzene rings is 1. The molecule has 0 aliphatic carbocycles. The van der Waals surface area contributed by atoms with Crippen LogP contribution in [0.3, 0.4) is 0 Å². The first-order valence-electron chi connectivity index (χ1n) is 11.6. The average molecular weight is 510 g/mol. The van der Waals surface area contributed by atoms with Crippen LogP contribution in [-0.2, 0) is 23.7 Å². The number of sulfone groups is 1. The van der Waals surface area contributed by atoms with Crippen LogP contribution in [0.1, 0.15) is 33.6 Å². The Balaban J connectivity index is 2.29. The van der Waals surface area contributed by atoms with E-state index in [-0.39, 0.29) is 40.4 Å². The van der Waals surface area contributed by atoms with Crippen LogP contribution in [-0.4, -0.2) is 60.6 Å². The first kappa shape index (κ1) is 28.6. The molecule has 8 nitrogen and oxygen atoms in total. The van der Waals surface area contributed by atoms with Crippen molar-refractivity contribution < 1.29 is 22.3 Å². The van der Waals surface area contributed by atoms with Gasteiger partial charge in [-0.2, -0.15) is 0 Å². The smallest absolute Gasteiger partial charge is 0.192 e. The molecule has 0 N–H and O–H groups in total. The summed E-state index contributed by atoms with van der Waals surface area (Å²) < 4.78 is 45.0. The van der Waals surface area contributed by atoms with E-state index in [9.17, 15) is 8.42 Å². The normalized spacial score (nSPS) is 24.4. The quantitative estimate of drug-likeness (QED) is 0.121. The van der Waals surface area contributed by atoms with Gasteiger partial charge >= 0.3 is 0 Å². The Hall–Kier alpha value is -1.68. The number of hydrogen-bond acceptors (Lipinski definition) is 6. The third-order valence-corrected chi connectivity index (χ3v) is 13.3. The molecule has 1 aliphatic heterocycles. The highest BCUT2D eigenvalue weighted by Gasteiger charge is 2.48. The molecule has 5 atom stereocenters. The van der Waals surface area contributed by atoms with Crippen molar-refractivity contribution in [3.63, 3.8) is 0 Å². The Morgan fingerprint density at radius 3 is 2.44 bits per heavy atom. The number of nitrogens with zero attached hydrogens (tertiary/aromatic N) is 3. The minimum absolute atomic E-state index is 0.0174. The predicted octanol–water partition coefficient (Wildman–Crippen LogP) is 5.53. The van der Waals surface area contributed by atoms with Crippen molar-refractivity contribution in [3.8, 4) is 0 Å². The Morgan fingerprint density at radius 1 is 1.26 bits per heavy atom. The molecule has 10 heteroatoms. The molecule has 2 rings (SSSR count). The van der Waals surface area contributed by atoms with Crippen LogP contribution >= 0.6 is 0 Å². The molecule has 1 fully saturated rings. The maximum absolute atomic E-state index is 13.2. The summed E-state index contributed by atoms with van der Waals surface area (Å²) in [6.07, 6.45) is 1.15. The van der Waals surface area contributed by atoms with Crippen molar-refractivity contribution in [2.24, 2.45) is 11.0 Å². The van der Waals surface area contributed by atoms with E-state index in [1.54, 1.807) is 43.5 Å². The summed E-state index contributed by atoms with van der Waals surface area (Å²) in [5.74, 6) is -0.458. The molecule has 1 heterocycles. The second-order valence-electron chi connectivity index (χ2n) is 10.3. The van der Waals surface area contributed by atoms with Crippen LogP contribution in [0, 0.1) is 5.92 Å². The second-order valence-corrected chi connectivity index (χ2v) is 17.1. The molecule has 0 saturated carbocycles. The predicted molar refractivity (Wildman–Crippen MR) is 137 cm³/mol. The summed E-state index contributed by atoms with van der Waals surface area (Å²) in [5, 5.41) is 3.76. The van der Waals surface area contributed by atoms with Crippen molar-refractivity contribution in [1.29, 1.82) is 0 Å². The summed E-state index contributed by atoms with van der Waals surface area (Å²) in [7, 11) is -4.10. The van der Waals surface area contributed by atoms with Gasteiger partial charge in [-0.1, -0.05) is 50.2 Å². The molecule has 1 aromatic rings. The number of azide groups is 1. The number of rotatable bonds is 12. The fourth-order valence-electron chi connectivity index (χ4n) is 4.12. The fourth-order valence-corrected chi connectivity index (χ4v) is 7.15. The molecular formula is C24H39N3O5SSi. The minimum atomic E-state index is -3.54. The molecule has 0 spiro atoms. The zero-order valence-corrected chi connectivity index (χ0v) is 23.0. The zero-order chi connectivity index (χ0) is 25.6. The van der Waals surface area contributed by atoms with Crippen LogP contribution in [0.4, 0.5) is 0 Å². The van der Waals surface area contributed by atoms with Gasteiger partial charge in [0, 0.05) is 24.4 Å². The van der Waals surface area contributed by atoms with Gasteiger partial charge in [0.25, 0.3) is 0 Å². The third-order valence-electron chi connectivity index (χ3n) is 6.91. The Morgan fingerprint density at radius 2 is 1.91 bits per heavy atom. The molecule has 0 amide bonds. The lowest BCUT2D eigenvalue weighted by atomic mass is 9.94. The maximum atomic E-state index is 13.2. The summed E-state index contributed by atoms with van der Waals surface area (Å²) >= 11 is 0. The van der Waals surface area contributed by atoms with Crippen LogP contribution < -0.4 is 0 Å². The van der Waals surface area contributed by atoms with Crippen molar-refractivity contribution in [2.45, 2.75) is 81.1 Å². The largest absolute Gasteiger partial charge is 0.414 e. The van der Waals surface area contributed by atoms with Gasteiger partial charge in [0.1, 0.15) is 0 Å². The van der Waals surface area contributed by atoms with Gasteiger partial charge in [-0.15, -0.1) is 6.58 Å². The van der Waals surface area contributed by atoms with E-state index < -0.39 is 30.4 Å². The number of ether oxygens (including phenoxy) is 2. The van der Waals surface area contributed by atoms with Gasteiger partial charge in [-0.25, -0.2) is 8.42 Å². The van der Waals surface area contributed by atoms with Crippen LogP contribution in [0.5, 0.6) is 0 Å². The lowest BCUT2D eigenvalue weighted by Gasteiger charge is -2.39. The molecule has 0 aromatic heterocycles. The van der Waals surface area contributed by atoms with E-state index >= 15 is 0 Å². The molecule has 0 bridgehead atoms. The maximum Gasteiger partial charge on any atom is 0.192 e. The minimum Gasteiger partial charge on any atom is -0.414 e. The van der Waals surface area contributed by atoms with Crippen molar-refractivity contribution in [1.82, 2.24) is 0 Å². The molecule has 0 radical (unpaired) electrons. The van der Waals surface area contributed by atoms with Gasteiger partial charge in [-0.05, 0) is 42.2 Å².